The first-order valence-electron chi connectivity index (χ1n) is 7.84. The van der Waals surface area contributed by atoms with Crippen molar-refractivity contribution in [1.82, 2.24) is 24.1 Å². The highest BCUT2D eigenvalue weighted by molar-refractivity contribution is 5.89. The number of rotatable bonds is 5. The van der Waals surface area contributed by atoms with Gasteiger partial charge in [-0.05, 0) is 12.1 Å². The molecule has 0 saturated heterocycles. The largest absolute Gasteiger partial charge is 0.309 e. The number of nitrogens with one attached hydrogen (secondary N) is 1. The van der Waals surface area contributed by atoms with Crippen molar-refractivity contribution in [2.45, 2.75) is 32.7 Å². The van der Waals surface area contributed by atoms with E-state index in [0.717, 1.165) is 10.7 Å². The van der Waals surface area contributed by atoms with E-state index < -0.39 is 17.9 Å². The Hall–Kier alpha value is -3.17. The quantitative estimate of drug-likeness (QED) is 0.749. The van der Waals surface area contributed by atoms with Gasteiger partial charge in [0.05, 0.1) is 0 Å². The Morgan fingerprint density at radius 1 is 1.35 bits per heavy atom. The van der Waals surface area contributed by atoms with E-state index in [1.165, 1.54) is 29.2 Å². The third-order valence-corrected chi connectivity index (χ3v) is 3.68. The first kappa shape index (κ1) is 17.6. The van der Waals surface area contributed by atoms with Gasteiger partial charge in [0.1, 0.15) is 30.0 Å². The van der Waals surface area contributed by atoms with Crippen molar-refractivity contribution in [3.8, 4) is 0 Å². The van der Waals surface area contributed by atoms with Gasteiger partial charge >= 0.3 is 0 Å². The summed E-state index contributed by atoms with van der Waals surface area (Å²) in [6.07, 6.45) is 1.23. The molecule has 3 aromatic heterocycles. The van der Waals surface area contributed by atoms with Crippen molar-refractivity contribution < 1.29 is 13.6 Å². The molecule has 0 aromatic carbocycles. The number of anilines is 1. The van der Waals surface area contributed by atoms with Gasteiger partial charge in [-0.1, -0.05) is 13.8 Å². The lowest BCUT2D eigenvalue weighted by Crippen LogP contribution is -2.32. The average Bonchev–Trinajstić information content (AvgIpc) is 3.04. The molecule has 1 amide bonds. The minimum absolute atomic E-state index is 0.0498. The van der Waals surface area contributed by atoms with E-state index in [0.29, 0.717) is 5.82 Å². The van der Waals surface area contributed by atoms with Crippen molar-refractivity contribution in [3.63, 3.8) is 0 Å². The molecule has 3 heterocycles. The summed E-state index contributed by atoms with van der Waals surface area (Å²) in [7, 11) is 0. The number of fused-ring (bicyclic) bond motifs is 1. The van der Waals surface area contributed by atoms with Gasteiger partial charge in [-0.15, -0.1) is 0 Å². The lowest BCUT2D eigenvalue weighted by Gasteiger charge is -2.12. The minimum atomic E-state index is -2.70. The van der Waals surface area contributed by atoms with E-state index in [2.05, 4.69) is 20.4 Å². The van der Waals surface area contributed by atoms with Gasteiger partial charge in [-0.25, -0.2) is 23.4 Å². The molecule has 0 unspecified atom stereocenters. The number of alkyl halides is 2. The molecule has 0 aliphatic carbocycles. The highest BCUT2D eigenvalue weighted by Crippen LogP contribution is 2.22. The lowest BCUT2D eigenvalue weighted by atomic mass is 10.2. The van der Waals surface area contributed by atoms with Crippen molar-refractivity contribution in [2.24, 2.45) is 0 Å². The van der Waals surface area contributed by atoms with Gasteiger partial charge < -0.3 is 5.32 Å². The second-order valence-corrected chi connectivity index (χ2v) is 5.95. The number of carbonyl (C=O) groups is 1. The summed E-state index contributed by atoms with van der Waals surface area (Å²) in [6.45, 7) is 3.27. The van der Waals surface area contributed by atoms with E-state index in [9.17, 15) is 18.4 Å². The predicted octanol–water partition coefficient (Wildman–Crippen LogP) is 1.99. The normalized spacial score (nSPS) is 11.5. The fourth-order valence-electron chi connectivity index (χ4n) is 2.49. The monoisotopic (exact) mass is 362 g/mol. The maximum Gasteiger partial charge on any atom is 0.291 e. The number of hydrogen-bond donors (Lipinski definition) is 1. The summed E-state index contributed by atoms with van der Waals surface area (Å²) in [5.74, 6) is 0.0254. The van der Waals surface area contributed by atoms with Crippen LogP contribution in [0.15, 0.2) is 35.6 Å². The highest BCUT2D eigenvalue weighted by Gasteiger charge is 2.19. The molecule has 0 spiro atoms. The molecule has 1 N–H and O–H groups in total. The predicted molar refractivity (Wildman–Crippen MR) is 89.2 cm³/mol. The maximum absolute atomic E-state index is 13.0. The van der Waals surface area contributed by atoms with Crippen LogP contribution in [0.1, 0.15) is 37.6 Å². The summed E-state index contributed by atoms with van der Waals surface area (Å²) < 4.78 is 28.3. The number of hydrogen-bond acceptors (Lipinski definition) is 5. The fourth-order valence-corrected chi connectivity index (χ4v) is 2.49. The first-order chi connectivity index (χ1) is 12.4. The van der Waals surface area contributed by atoms with Crippen LogP contribution in [0.2, 0.25) is 0 Å². The van der Waals surface area contributed by atoms with Gasteiger partial charge in [0.2, 0.25) is 5.91 Å². The van der Waals surface area contributed by atoms with E-state index in [1.807, 2.05) is 13.8 Å². The number of nitrogens with zero attached hydrogens (tertiary/aromatic N) is 5. The summed E-state index contributed by atoms with van der Waals surface area (Å²) in [6, 6.07) is 2.62. The molecule has 0 bridgehead atoms. The molecule has 26 heavy (non-hydrogen) atoms. The van der Waals surface area contributed by atoms with Crippen LogP contribution in [-0.4, -0.2) is 30.1 Å². The molecular formula is C16H16F2N6O2. The van der Waals surface area contributed by atoms with Gasteiger partial charge in [0.25, 0.3) is 12.0 Å². The zero-order chi connectivity index (χ0) is 18.8. The van der Waals surface area contributed by atoms with Crippen LogP contribution in [0.5, 0.6) is 0 Å². The second-order valence-electron chi connectivity index (χ2n) is 5.95. The summed E-state index contributed by atoms with van der Waals surface area (Å²) in [5, 5.41) is 6.70. The number of aromatic nitrogens is 5. The molecule has 8 nitrogen and oxygen atoms in total. The molecule has 136 valence electrons. The van der Waals surface area contributed by atoms with Crippen LogP contribution < -0.4 is 10.9 Å². The Bertz CT molecular complexity index is 997. The standard InChI is InChI=1S/C16H16F2N6O2/c1-9(2)15-22-24(7-13(25)21-12-3-4-19-8-20-12)16(26)11-5-10(14(17)18)6-23(11)15/h3-6,8-9,14H,7H2,1-2H3,(H,19,20,21,25). The molecular weight excluding hydrogens is 346 g/mol. The van der Waals surface area contributed by atoms with Crippen LogP contribution in [0.4, 0.5) is 14.6 Å². The van der Waals surface area contributed by atoms with Gasteiger partial charge in [-0.2, -0.15) is 5.10 Å². The summed E-state index contributed by atoms with van der Waals surface area (Å²) >= 11 is 0. The van der Waals surface area contributed by atoms with Crippen LogP contribution in [0.3, 0.4) is 0 Å². The summed E-state index contributed by atoms with van der Waals surface area (Å²) in [4.78, 5) is 32.3. The first-order valence-corrected chi connectivity index (χ1v) is 7.84. The number of halogens is 2. The van der Waals surface area contributed by atoms with Gasteiger partial charge in [0.15, 0.2) is 0 Å². The zero-order valence-corrected chi connectivity index (χ0v) is 14.1. The Balaban J connectivity index is 1.99. The minimum Gasteiger partial charge on any atom is -0.309 e. The van der Waals surface area contributed by atoms with Crippen LogP contribution in [-0.2, 0) is 11.3 Å². The Kier molecular flexibility index (Phi) is 4.74. The zero-order valence-electron chi connectivity index (χ0n) is 14.1. The van der Waals surface area contributed by atoms with Crippen LogP contribution in [0, 0.1) is 0 Å². The maximum atomic E-state index is 13.0. The van der Waals surface area contributed by atoms with Crippen LogP contribution in [0.25, 0.3) is 5.52 Å². The molecule has 3 aromatic rings. The lowest BCUT2D eigenvalue weighted by molar-refractivity contribution is -0.117. The Morgan fingerprint density at radius 2 is 2.12 bits per heavy atom. The topological polar surface area (TPSA) is 94.2 Å². The third kappa shape index (κ3) is 3.44. The molecule has 0 saturated carbocycles. The highest BCUT2D eigenvalue weighted by atomic mass is 19.3. The molecule has 3 rings (SSSR count). The van der Waals surface area contributed by atoms with Gasteiger partial charge in [-0.3, -0.25) is 14.0 Å². The van der Waals surface area contributed by atoms with Crippen molar-refractivity contribution in [1.29, 1.82) is 0 Å². The number of amides is 1. The van der Waals surface area contributed by atoms with Crippen molar-refractivity contribution in [3.05, 3.63) is 52.6 Å². The number of carbonyl (C=O) groups excluding carboxylic acids is 1. The molecule has 0 aliphatic rings. The molecule has 0 fully saturated rings. The van der Waals surface area contributed by atoms with E-state index in [4.69, 9.17) is 0 Å². The summed E-state index contributed by atoms with van der Waals surface area (Å²) in [5.41, 5.74) is -0.845. The van der Waals surface area contributed by atoms with Crippen LogP contribution >= 0.6 is 0 Å². The van der Waals surface area contributed by atoms with Gasteiger partial charge in [0, 0.05) is 23.9 Å². The molecule has 10 heteroatoms. The smallest absolute Gasteiger partial charge is 0.291 e. The SMILES string of the molecule is CC(C)c1nn(CC(=O)Nc2ccncn2)c(=O)c2cc(C(F)F)cn12. The molecule has 0 radical (unpaired) electrons. The van der Waals surface area contributed by atoms with Crippen molar-refractivity contribution >= 4 is 17.2 Å². The third-order valence-electron chi connectivity index (χ3n) is 3.68. The van der Waals surface area contributed by atoms with Crippen molar-refractivity contribution in [2.75, 3.05) is 5.32 Å². The Morgan fingerprint density at radius 3 is 2.73 bits per heavy atom. The average molecular weight is 362 g/mol. The Labute approximate surface area is 146 Å². The van der Waals surface area contributed by atoms with E-state index in [-0.39, 0.29) is 29.4 Å². The van der Waals surface area contributed by atoms with E-state index in [1.54, 1.807) is 0 Å². The second kappa shape index (κ2) is 6.98. The van der Waals surface area contributed by atoms with E-state index >= 15 is 0 Å². The fraction of sp³-hybridized carbons (Fsp3) is 0.312. The molecule has 0 atom stereocenters. The molecule has 0 aliphatic heterocycles.